The van der Waals surface area contributed by atoms with E-state index >= 15 is 0 Å². The molecule has 0 bridgehead atoms. The van der Waals surface area contributed by atoms with Crippen LogP contribution in [0.1, 0.15) is 26.3 Å². The lowest BCUT2D eigenvalue weighted by Gasteiger charge is -2.19. The Hall–Kier alpha value is -2.97. The van der Waals surface area contributed by atoms with E-state index in [0.29, 0.717) is 33.9 Å². The van der Waals surface area contributed by atoms with Crippen LogP contribution >= 0.6 is 23.4 Å². The van der Waals surface area contributed by atoms with Crippen LogP contribution in [0.15, 0.2) is 54.2 Å². The van der Waals surface area contributed by atoms with Gasteiger partial charge in [-0.3, -0.25) is 9.36 Å². The SMILES string of the molecule is C=CCn1c(SCC(=O)Nc2cc(OC)c(Cl)cc2OC)nnc1-c1ccc(C(C)(C)C)cc1. The van der Waals surface area contributed by atoms with E-state index in [1.165, 1.54) is 31.5 Å². The number of hydrogen-bond acceptors (Lipinski definition) is 6. The summed E-state index contributed by atoms with van der Waals surface area (Å²) in [6.07, 6.45) is 1.78. The first kappa shape index (κ1) is 25.6. The summed E-state index contributed by atoms with van der Waals surface area (Å²) >= 11 is 7.44. The molecule has 0 radical (unpaired) electrons. The molecule has 3 aromatic rings. The lowest BCUT2D eigenvalue weighted by atomic mass is 9.87. The zero-order valence-electron chi connectivity index (χ0n) is 20.0. The van der Waals surface area contributed by atoms with Crippen molar-refractivity contribution in [3.05, 3.63) is 59.6 Å². The second-order valence-corrected chi connectivity index (χ2v) is 9.91. The highest BCUT2D eigenvalue weighted by Gasteiger charge is 2.18. The van der Waals surface area contributed by atoms with Gasteiger partial charge in [0.25, 0.3) is 0 Å². The van der Waals surface area contributed by atoms with Crippen LogP contribution in [-0.4, -0.2) is 40.6 Å². The summed E-state index contributed by atoms with van der Waals surface area (Å²) in [7, 11) is 3.02. The van der Waals surface area contributed by atoms with Crippen LogP contribution < -0.4 is 14.8 Å². The van der Waals surface area contributed by atoms with Crippen LogP contribution in [-0.2, 0) is 16.8 Å². The zero-order chi connectivity index (χ0) is 24.9. The zero-order valence-corrected chi connectivity index (χ0v) is 21.6. The standard InChI is InChI=1S/C25H29ClN4O3S/c1-7-12-30-23(16-8-10-17(11-9-16)25(2,3)4)28-29-24(30)34-15-22(31)27-19-14-20(32-5)18(26)13-21(19)33-6/h7-11,13-14H,1,12,15H2,2-6H3,(H,27,31). The van der Waals surface area contributed by atoms with E-state index in [1.807, 2.05) is 16.7 Å². The summed E-state index contributed by atoms with van der Waals surface area (Å²) in [4.78, 5) is 12.7. The van der Waals surface area contributed by atoms with Crippen LogP contribution in [0.3, 0.4) is 0 Å². The first-order valence-corrected chi connectivity index (χ1v) is 12.0. The molecule has 1 amide bonds. The smallest absolute Gasteiger partial charge is 0.234 e. The molecular formula is C25H29ClN4O3S. The molecule has 0 saturated heterocycles. The summed E-state index contributed by atoms with van der Waals surface area (Å²) in [5.41, 5.74) is 2.74. The first-order chi connectivity index (χ1) is 16.2. The van der Waals surface area contributed by atoms with Crippen molar-refractivity contribution in [2.45, 2.75) is 37.9 Å². The number of rotatable bonds is 9. The molecule has 0 unspecified atom stereocenters. The van der Waals surface area contributed by atoms with Crippen molar-refractivity contribution in [3.63, 3.8) is 0 Å². The second kappa shape index (κ2) is 11.0. The molecule has 9 heteroatoms. The molecule has 1 heterocycles. The molecule has 7 nitrogen and oxygen atoms in total. The van der Waals surface area contributed by atoms with Crippen molar-refractivity contribution < 1.29 is 14.3 Å². The molecule has 34 heavy (non-hydrogen) atoms. The molecule has 2 aromatic carbocycles. The van der Waals surface area contributed by atoms with Crippen molar-refractivity contribution in [1.29, 1.82) is 0 Å². The monoisotopic (exact) mass is 500 g/mol. The highest BCUT2D eigenvalue weighted by atomic mass is 35.5. The lowest BCUT2D eigenvalue weighted by Crippen LogP contribution is -2.15. The maximum absolute atomic E-state index is 12.7. The summed E-state index contributed by atoms with van der Waals surface area (Å²) in [6, 6.07) is 11.5. The summed E-state index contributed by atoms with van der Waals surface area (Å²) in [6.45, 7) is 10.9. The average molecular weight is 501 g/mol. The summed E-state index contributed by atoms with van der Waals surface area (Å²) in [5, 5.41) is 12.6. The number of allylic oxidation sites excluding steroid dienone is 1. The lowest BCUT2D eigenvalue weighted by molar-refractivity contribution is -0.113. The van der Waals surface area contributed by atoms with E-state index in [9.17, 15) is 4.79 Å². The third-order valence-electron chi connectivity index (χ3n) is 5.12. The van der Waals surface area contributed by atoms with Gasteiger partial charge in [0.2, 0.25) is 5.91 Å². The molecule has 0 saturated carbocycles. The maximum Gasteiger partial charge on any atom is 0.234 e. The molecule has 0 spiro atoms. The Balaban J connectivity index is 1.76. The van der Waals surface area contributed by atoms with Gasteiger partial charge in [-0.15, -0.1) is 16.8 Å². The van der Waals surface area contributed by atoms with Gasteiger partial charge in [0.15, 0.2) is 11.0 Å². The van der Waals surface area contributed by atoms with Gasteiger partial charge in [0.05, 0.1) is 30.7 Å². The van der Waals surface area contributed by atoms with Crippen LogP contribution in [0.4, 0.5) is 5.69 Å². The van der Waals surface area contributed by atoms with Gasteiger partial charge < -0.3 is 14.8 Å². The van der Waals surface area contributed by atoms with E-state index < -0.39 is 0 Å². The molecule has 0 aliphatic carbocycles. The quantitative estimate of drug-likeness (QED) is 0.294. The predicted molar refractivity (Wildman–Crippen MR) is 138 cm³/mol. The van der Waals surface area contributed by atoms with E-state index in [-0.39, 0.29) is 17.1 Å². The number of amides is 1. The van der Waals surface area contributed by atoms with Crippen molar-refractivity contribution in [2.24, 2.45) is 0 Å². The highest BCUT2D eigenvalue weighted by Crippen LogP contribution is 2.36. The third-order valence-corrected chi connectivity index (χ3v) is 6.38. The topological polar surface area (TPSA) is 78.3 Å². The predicted octanol–water partition coefficient (Wildman–Crippen LogP) is 5.83. The molecule has 1 N–H and O–H groups in total. The van der Waals surface area contributed by atoms with Gasteiger partial charge >= 0.3 is 0 Å². The number of ether oxygens (including phenoxy) is 2. The molecular weight excluding hydrogens is 472 g/mol. The largest absolute Gasteiger partial charge is 0.495 e. The minimum absolute atomic E-state index is 0.0679. The first-order valence-electron chi connectivity index (χ1n) is 10.7. The number of thioether (sulfide) groups is 1. The second-order valence-electron chi connectivity index (χ2n) is 8.56. The van der Waals surface area contributed by atoms with Gasteiger partial charge in [-0.25, -0.2) is 0 Å². The Labute approximate surface area is 209 Å². The van der Waals surface area contributed by atoms with Crippen LogP contribution in [0.2, 0.25) is 5.02 Å². The Morgan fingerprint density at radius 3 is 2.41 bits per heavy atom. The Kier molecular flexibility index (Phi) is 8.28. The van der Waals surface area contributed by atoms with Crippen molar-refractivity contribution >= 4 is 35.0 Å². The fraction of sp³-hybridized carbons (Fsp3) is 0.320. The van der Waals surface area contributed by atoms with Crippen LogP contribution in [0, 0.1) is 0 Å². The number of halogens is 1. The number of aromatic nitrogens is 3. The van der Waals surface area contributed by atoms with Crippen molar-refractivity contribution in [1.82, 2.24) is 14.8 Å². The number of benzene rings is 2. The molecule has 0 aliphatic rings. The average Bonchev–Trinajstić information content (AvgIpc) is 3.20. The third kappa shape index (κ3) is 5.93. The van der Waals surface area contributed by atoms with E-state index in [4.69, 9.17) is 21.1 Å². The van der Waals surface area contributed by atoms with Gasteiger partial charge in [-0.2, -0.15) is 0 Å². The number of carbonyl (C=O) groups excluding carboxylic acids is 1. The van der Waals surface area contributed by atoms with E-state index in [1.54, 1.807) is 18.2 Å². The van der Waals surface area contributed by atoms with Crippen molar-refractivity contribution in [2.75, 3.05) is 25.3 Å². The number of methoxy groups -OCH3 is 2. The van der Waals surface area contributed by atoms with Crippen molar-refractivity contribution in [3.8, 4) is 22.9 Å². The number of hydrogen-bond donors (Lipinski definition) is 1. The summed E-state index contributed by atoms with van der Waals surface area (Å²) < 4.78 is 12.5. The van der Waals surface area contributed by atoms with E-state index in [2.05, 4.69) is 55.0 Å². The van der Waals surface area contributed by atoms with Gasteiger partial charge in [0.1, 0.15) is 11.5 Å². The molecule has 0 atom stereocenters. The van der Waals surface area contributed by atoms with E-state index in [0.717, 1.165) is 11.4 Å². The fourth-order valence-electron chi connectivity index (χ4n) is 3.30. The van der Waals surface area contributed by atoms with Crippen LogP contribution in [0.25, 0.3) is 11.4 Å². The number of nitrogens with one attached hydrogen (secondary N) is 1. The highest BCUT2D eigenvalue weighted by molar-refractivity contribution is 7.99. The Morgan fingerprint density at radius 2 is 1.82 bits per heavy atom. The molecule has 0 fully saturated rings. The minimum Gasteiger partial charge on any atom is -0.495 e. The Bertz CT molecular complexity index is 1170. The van der Waals surface area contributed by atoms with Gasteiger partial charge in [-0.05, 0) is 11.0 Å². The molecule has 180 valence electrons. The maximum atomic E-state index is 12.7. The van der Waals surface area contributed by atoms with Gasteiger partial charge in [0, 0.05) is 24.2 Å². The molecule has 3 rings (SSSR count). The minimum atomic E-state index is -0.225. The number of nitrogens with zero attached hydrogens (tertiary/aromatic N) is 3. The fourth-order valence-corrected chi connectivity index (χ4v) is 4.28. The van der Waals surface area contributed by atoms with Gasteiger partial charge in [-0.1, -0.05) is 74.5 Å². The molecule has 0 aliphatic heterocycles. The normalized spacial score (nSPS) is 11.2. The molecule has 1 aromatic heterocycles. The number of carbonyl (C=O) groups is 1. The van der Waals surface area contributed by atoms with Crippen LogP contribution in [0.5, 0.6) is 11.5 Å². The Morgan fingerprint density at radius 1 is 1.15 bits per heavy atom. The number of anilines is 1. The summed E-state index contributed by atoms with van der Waals surface area (Å²) in [5.74, 6) is 1.52.